The molecule has 0 radical (unpaired) electrons. The zero-order valence-electron chi connectivity index (χ0n) is 8.92. The van der Waals surface area contributed by atoms with E-state index < -0.39 is 12.8 Å². The lowest BCUT2D eigenvalue weighted by Crippen LogP contribution is -2.42. The molecule has 0 fully saturated rings. The van der Waals surface area contributed by atoms with Gasteiger partial charge in [-0.25, -0.2) is 0 Å². The third-order valence-electron chi connectivity index (χ3n) is 1.78. The van der Waals surface area contributed by atoms with Gasteiger partial charge in [-0.3, -0.25) is 0 Å². The van der Waals surface area contributed by atoms with Gasteiger partial charge in [0.05, 0.1) is 12.6 Å². The second-order valence-corrected chi connectivity index (χ2v) is 3.11. The maximum atomic E-state index is 11.7. The first-order valence-electron chi connectivity index (χ1n) is 4.76. The Kier molecular flexibility index (Phi) is 6.82. The van der Waals surface area contributed by atoms with E-state index in [2.05, 4.69) is 15.2 Å². The van der Waals surface area contributed by atoms with E-state index in [1.54, 1.807) is 6.92 Å². The summed E-state index contributed by atoms with van der Waals surface area (Å²) in [5, 5.41) is 14.0. The van der Waals surface area contributed by atoms with Crippen LogP contribution in [0.25, 0.3) is 0 Å². The Hall–Kier alpha value is -1.02. The molecule has 0 heterocycles. The van der Waals surface area contributed by atoms with Crippen molar-refractivity contribution in [3.05, 3.63) is 0 Å². The first kappa shape index (κ1) is 15.0. The van der Waals surface area contributed by atoms with E-state index in [4.69, 9.17) is 10.9 Å². The molecule has 96 valence electrons. The van der Waals surface area contributed by atoms with Crippen LogP contribution >= 0.6 is 0 Å². The molecule has 0 amide bonds. The summed E-state index contributed by atoms with van der Waals surface area (Å²) < 4.78 is 39.4. The first-order chi connectivity index (χ1) is 7.40. The Morgan fingerprint density at radius 2 is 2.19 bits per heavy atom. The summed E-state index contributed by atoms with van der Waals surface area (Å²) in [5.41, 5.74) is 5.33. The number of hydrogen-bond donors (Lipinski definition) is 3. The zero-order valence-corrected chi connectivity index (χ0v) is 8.92. The molecular weight excluding hydrogens is 227 g/mol. The minimum Gasteiger partial charge on any atom is -0.409 e. The number of ether oxygens (including phenoxy) is 1. The number of alkyl halides is 3. The van der Waals surface area contributed by atoms with Crippen LogP contribution in [0.4, 0.5) is 13.2 Å². The molecule has 4 N–H and O–H groups in total. The Morgan fingerprint density at radius 3 is 2.62 bits per heavy atom. The molecule has 1 unspecified atom stereocenters. The van der Waals surface area contributed by atoms with Crippen LogP contribution < -0.4 is 11.1 Å². The number of hydrogen-bond acceptors (Lipinski definition) is 4. The molecule has 8 heteroatoms. The predicted molar refractivity (Wildman–Crippen MR) is 52.4 cm³/mol. The molecule has 0 spiro atoms. The van der Waals surface area contributed by atoms with Gasteiger partial charge >= 0.3 is 6.18 Å². The van der Waals surface area contributed by atoms with E-state index in [1.807, 2.05) is 0 Å². The van der Waals surface area contributed by atoms with Gasteiger partial charge in [0.1, 0.15) is 6.61 Å². The van der Waals surface area contributed by atoms with Crippen molar-refractivity contribution in [2.75, 3.05) is 19.8 Å². The molecule has 5 nitrogen and oxygen atoms in total. The van der Waals surface area contributed by atoms with E-state index in [-0.39, 0.29) is 25.0 Å². The van der Waals surface area contributed by atoms with Gasteiger partial charge < -0.3 is 21.0 Å². The molecule has 0 saturated carbocycles. The predicted octanol–water partition coefficient (Wildman–Crippen LogP) is 0.680. The minimum absolute atomic E-state index is 0.00155. The number of oxime groups is 1. The standard InChI is InChI=1S/C8H16F3N3O2/c1-2-6(7(12)14-15)13-3-4-16-5-8(9,10)11/h6,13,15H,2-5H2,1H3,(H2,12,14). The van der Waals surface area contributed by atoms with E-state index in [1.165, 1.54) is 0 Å². The van der Waals surface area contributed by atoms with E-state index in [9.17, 15) is 13.2 Å². The van der Waals surface area contributed by atoms with Gasteiger partial charge in [-0.05, 0) is 6.42 Å². The lowest BCUT2D eigenvalue weighted by atomic mass is 10.2. The Balaban J connectivity index is 3.65. The number of nitrogens with zero attached hydrogens (tertiary/aromatic N) is 1. The maximum absolute atomic E-state index is 11.7. The fourth-order valence-electron chi connectivity index (χ4n) is 1.02. The van der Waals surface area contributed by atoms with Gasteiger partial charge in [0.2, 0.25) is 0 Å². The fourth-order valence-corrected chi connectivity index (χ4v) is 1.02. The molecule has 0 bridgehead atoms. The van der Waals surface area contributed by atoms with Gasteiger partial charge in [-0.2, -0.15) is 13.2 Å². The average Bonchev–Trinajstić information content (AvgIpc) is 2.21. The topological polar surface area (TPSA) is 79.9 Å². The Bertz CT molecular complexity index is 221. The quantitative estimate of drug-likeness (QED) is 0.202. The third-order valence-corrected chi connectivity index (χ3v) is 1.78. The monoisotopic (exact) mass is 243 g/mol. The molecule has 0 saturated heterocycles. The molecule has 1 atom stereocenters. The highest BCUT2D eigenvalue weighted by Crippen LogP contribution is 2.13. The largest absolute Gasteiger partial charge is 0.411 e. The smallest absolute Gasteiger partial charge is 0.409 e. The number of rotatable bonds is 7. The molecule has 0 aliphatic rings. The number of nitrogens with one attached hydrogen (secondary N) is 1. The van der Waals surface area contributed by atoms with Crippen LogP contribution in [-0.2, 0) is 4.74 Å². The third kappa shape index (κ3) is 7.30. The van der Waals surface area contributed by atoms with Gasteiger partial charge in [-0.15, -0.1) is 0 Å². The van der Waals surface area contributed by atoms with Crippen LogP contribution in [0, 0.1) is 0 Å². The van der Waals surface area contributed by atoms with Gasteiger partial charge in [-0.1, -0.05) is 12.1 Å². The highest BCUT2D eigenvalue weighted by Gasteiger charge is 2.27. The normalized spacial score (nSPS) is 15.1. The summed E-state index contributed by atoms with van der Waals surface area (Å²) in [5.74, 6) is -0.00155. The van der Waals surface area contributed by atoms with Crippen LogP contribution in [0.2, 0.25) is 0 Å². The van der Waals surface area contributed by atoms with Crippen LogP contribution in [-0.4, -0.2) is 43.0 Å². The number of halogens is 3. The molecule has 0 aromatic carbocycles. The van der Waals surface area contributed by atoms with Gasteiger partial charge in [0.15, 0.2) is 5.84 Å². The molecule has 0 aliphatic heterocycles. The minimum atomic E-state index is -4.31. The summed E-state index contributed by atoms with van der Waals surface area (Å²) in [7, 11) is 0. The SMILES string of the molecule is CCC(NCCOCC(F)(F)F)C(N)=NO. The first-order valence-corrected chi connectivity index (χ1v) is 4.76. The van der Waals surface area contributed by atoms with Crippen molar-refractivity contribution in [2.45, 2.75) is 25.6 Å². The van der Waals surface area contributed by atoms with Crippen molar-refractivity contribution in [2.24, 2.45) is 10.9 Å². The summed E-state index contributed by atoms with van der Waals surface area (Å²) in [4.78, 5) is 0. The summed E-state index contributed by atoms with van der Waals surface area (Å²) >= 11 is 0. The highest BCUT2D eigenvalue weighted by atomic mass is 19.4. The van der Waals surface area contributed by atoms with Crippen molar-refractivity contribution in [1.29, 1.82) is 0 Å². The summed E-state index contributed by atoms with van der Waals surface area (Å²) in [6.45, 7) is 0.640. The van der Waals surface area contributed by atoms with Crippen molar-refractivity contribution in [3.8, 4) is 0 Å². The van der Waals surface area contributed by atoms with E-state index in [0.29, 0.717) is 6.42 Å². The molecule has 0 rings (SSSR count). The molecule has 0 aromatic rings. The highest BCUT2D eigenvalue weighted by molar-refractivity contribution is 5.85. The number of nitrogens with two attached hydrogens (primary N) is 1. The molecule has 16 heavy (non-hydrogen) atoms. The summed E-state index contributed by atoms with van der Waals surface area (Å²) in [6, 6.07) is -0.362. The molecule has 0 aromatic heterocycles. The maximum Gasteiger partial charge on any atom is 0.411 e. The van der Waals surface area contributed by atoms with Crippen LogP contribution in [0.1, 0.15) is 13.3 Å². The molecular formula is C8H16F3N3O2. The second kappa shape index (κ2) is 7.29. The lowest BCUT2D eigenvalue weighted by Gasteiger charge is -2.15. The number of amidine groups is 1. The van der Waals surface area contributed by atoms with E-state index in [0.717, 1.165) is 0 Å². The lowest BCUT2D eigenvalue weighted by molar-refractivity contribution is -0.173. The molecule has 0 aliphatic carbocycles. The van der Waals surface area contributed by atoms with Crippen LogP contribution in [0.3, 0.4) is 0 Å². The Morgan fingerprint density at radius 1 is 1.56 bits per heavy atom. The van der Waals surface area contributed by atoms with Crippen molar-refractivity contribution >= 4 is 5.84 Å². The van der Waals surface area contributed by atoms with Gasteiger partial charge in [0, 0.05) is 6.54 Å². The van der Waals surface area contributed by atoms with Crippen LogP contribution in [0.5, 0.6) is 0 Å². The zero-order chi connectivity index (χ0) is 12.6. The van der Waals surface area contributed by atoms with Crippen molar-refractivity contribution < 1.29 is 23.1 Å². The van der Waals surface area contributed by atoms with E-state index >= 15 is 0 Å². The Labute approximate surface area is 91.4 Å². The second-order valence-electron chi connectivity index (χ2n) is 3.11. The van der Waals surface area contributed by atoms with Crippen molar-refractivity contribution in [1.82, 2.24) is 5.32 Å². The van der Waals surface area contributed by atoms with Crippen LogP contribution in [0.15, 0.2) is 5.16 Å². The average molecular weight is 243 g/mol. The summed E-state index contributed by atoms with van der Waals surface area (Å²) in [6.07, 6.45) is -3.75. The van der Waals surface area contributed by atoms with Crippen molar-refractivity contribution in [3.63, 3.8) is 0 Å². The van der Waals surface area contributed by atoms with Gasteiger partial charge in [0.25, 0.3) is 0 Å². The fraction of sp³-hybridized carbons (Fsp3) is 0.875.